The molecule has 1 aliphatic carbocycles. The van der Waals surface area contributed by atoms with Gasteiger partial charge in [0.1, 0.15) is 0 Å². The maximum Gasteiger partial charge on any atom is 0.0595 e. The maximum atomic E-state index is 6.10. The summed E-state index contributed by atoms with van der Waals surface area (Å²) >= 11 is 12.1. The van der Waals surface area contributed by atoms with E-state index >= 15 is 0 Å². The summed E-state index contributed by atoms with van der Waals surface area (Å²) in [6.07, 6.45) is 11.3. The third-order valence-corrected chi connectivity index (χ3v) is 4.24. The van der Waals surface area contributed by atoms with Crippen LogP contribution in [0.15, 0.2) is 42.0 Å². The van der Waals surface area contributed by atoms with E-state index in [1.807, 2.05) is 12.1 Å². The SMILES string of the molecule is C/C=C\C=C1\CCC[C@@H](c2ccc(Cl)c(Cl)c2)C1. The van der Waals surface area contributed by atoms with Crippen LogP contribution in [0.4, 0.5) is 0 Å². The van der Waals surface area contributed by atoms with Crippen molar-refractivity contribution in [2.75, 3.05) is 0 Å². The number of rotatable bonds is 2. The highest BCUT2D eigenvalue weighted by Crippen LogP contribution is 2.37. The van der Waals surface area contributed by atoms with Gasteiger partial charge in [0.05, 0.1) is 10.0 Å². The van der Waals surface area contributed by atoms with E-state index in [4.69, 9.17) is 23.2 Å². The van der Waals surface area contributed by atoms with E-state index in [-0.39, 0.29) is 0 Å². The zero-order valence-corrected chi connectivity index (χ0v) is 12.1. The Morgan fingerprint density at radius 1 is 1.22 bits per heavy atom. The molecule has 0 amide bonds. The van der Waals surface area contributed by atoms with Crippen LogP contribution in [-0.4, -0.2) is 0 Å². The number of allylic oxidation sites excluding steroid dienone is 4. The smallest absolute Gasteiger partial charge is 0.0595 e. The molecule has 0 unspecified atom stereocenters. The van der Waals surface area contributed by atoms with Gasteiger partial charge in [0.2, 0.25) is 0 Å². The molecular formula is C16H18Cl2. The van der Waals surface area contributed by atoms with Crippen LogP contribution in [0.3, 0.4) is 0 Å². The van der Waals surface area contributed by atoms with Gasteiger partial charge in [-0.3, -0.25) is 0 Å². The molecule has 0 N–H and O–H groups in total. The molecule has 0 aromatic heterocycles. The third-order valence-electron chi connectivity index (χ3n) is 3.50. The fourth-order valence-electron chi connectivity index (χ4n) is 2.53. The van der Waals surface area contributed by atoms with E-state index in [0.29, 0.717) is 16.0 Å². The van der Waals surface area contributed by atoms with E-state index in [0.717, 1.165) is 6.42 Å². The highest BCUT2D eigenvalue weighted by atomic mass is 35.5. The Morgan fingerprint density at radius 2 is 2.06 bits per heavy atom. The van der Waals surface area contributed by atoms with Gasteiger partial charge in [-0.05, 0) is 56.2 Å². The first-order chi connectivity index (χ1) is 8.70. The molecule has 18 heavy (non-hydrogen) atoms. The van der Waals surface area contributed by atoms with Crippen LogP contribution >= 0.6 is 23.2 Å². The molecule has 1 atom stereocenters. The van der Waals surface area contributed by atoms with Gasteiger partial charge in [0.15, 0.2) is 0 Å². The normalized spacial score (nSPS) is 22.8. The molecule has 96 valence electrons. The Bertz CT molecular complexity index is 472. The molecule has 1 aromatic carbocycles. The number of hydrogen-bond donors (Lipinski definition) is 0. The van der Waals surface area contributed by atoms with Crippen LogP contribution < -0.4 is 0 Å². The van der Waals surface area contributed by atoms with E-state index in [1.165, 1.54) is 30.4 Å². The van der Waals surface area contributed by atoms with Gasteiger partial charge in [-0.1, -0.05) is 53.1 Å². The zero-order valence-electron chi connectivity index (χ0n) is 10.6. The molecule has 0 aliphatic heterocycles. The highest BCUT2D eigenvalue weighted by molar-refractivity contribution is 6.42. The van der Waals surface area contributed by atoms with Gasteiger partial charge in [-0.2, -0.15) is 0 Å². The Hall–Kier alpha value is -0.720. The predicted octanol–water partition coefficient (Wildman–Crippen LogP) is 6.15. The van der Waals surface area contributed by atoms with Crippen LogP contribution in [0.2, 0.25) is 10.0 Å². The summed E-state index contributed by atoms with van der Waals surface area (Å²) < 4.78 is 0. The molecule has 0 radical (unpaired) electrons. The molecule has 0 nitrogen and oxygen atoms in total. The van der Waals surface area contributed by atoms with Crippen LogP contribution in [0.1, 0.15) is 44.1 Å². The van der Waals surface area contributed by atoms with Crippen molar-refractivity contribution >= 4 is 23.2 Å². The van der Waals surface area contributed by atoms with Crippen molar-refractivity contribution in [3.05, 3.63) is 57.6 Å². The predicted molar refractivity (Wildman–Crippen MR) is 80.6 cm³/mol. The number of halogens is 2. The number of hydrogen-bond acceptors (Lipinski definition) is 0. The average Bonchev–Trinajstić information content (AvgIpc) is 2.40. The molecule has 2 heteroatoms. The second-order valence-corrected chi connectivity index (χ2v) is 5.63. The summed E-state index contributed by atoms with van der Waals surface area (Å²) in [6, 6.07) is 6.04. The van der Waals surface area contributed by atoms with Crippen molar-refractivity contribution < 1.29 is 0 Å². The summed E-state index contributed by atoms with van der Waals surface area (Å²) in [5.41, 5.74) is 2.85. The van der Waals surface area contributed by atoms with Crippen LogP contribution in [0, 0.1) is 0 Å². The second kappa shape index (κ2) is 6.45. The van der Waals surface area contributed by atoms with E-state index in [1.54, 1.807) is 0 Å². The Morgan fingerprint density at radius 3 is 2.78 bits per heavy atom. The molecule has 0 spiro atoms. The summed E-state index contributed by atoms with van der Waals surface area (Å²) in [4.78, 5) is 0. The van der Waals surface area contributed by atoms with Gasteiger partial charge in [-0.15, -0.1) is 0 Å². The lowest BCUT2D eigenvalue weighted by Gasteiger charge is -2.24. The van der Waals surface area contributed by atoms with Crippen LogP contribution in [-0.2, 0) is 0 Å². The quantitative estimate of drug-likeness (QED) is 0.609. The van der Waals surface area contributed by atoms with Gasteiger partial charge in [0, 0.05) is 0 Å². The lowest BCUT2D eigenvalue weighted by atomic mass is 9.81. The fraction of sp³-hybridized carbons (Fsp3) is 0.375. The first-order valence-corrected chi connectivity index (χ1v) is 7.22. The molecular weight excluding hydrogens is 263 g/mol. The molecule has 0 bridgehead atoms. The summed E-state index contributed by atoms with van der Waals surface area (Å²) in [7, 11) is 0. The maximum absolute atomic E-state index is 6.10. The molecule has 1 fully saturated rings. The van der Waals surface area contributed by atoms with Crippen LogP contribution in [0.25, 0.3) is 0 Å². The van der Waals surface area contributed by atoms with Crippen molar-refractivity contribution in [1.82, 2.24) is 0 Å². The van der Waals surface area contributed by atoms with Gasteiger partial charge in [-0.25, -0.2) is 0 Å². The van der Waals surface area contributed by atoms with Crippen LogP contribution in [0.5, 0.6) is 0 Å². The van der Waals surface area contributed by atoms with E-state index in [9.17, 15) is 0 Å². The summed E-state index contributed by atoms with van der Waals surface area (Å²) in [5, 5.41) is 1.31. The topological polar surface area (TPSA) is 0 Å². The van der Waals surface area contributed by atoms with E-state index < -0.39 is 0 Å². The van der Waals surface area contributed by atoms with Gasteiger partial charge in [0.25, 0.3) is 0 Å². The van der Waals surface area contributed by atoms with Crippen molar-refractivity contribution in [3.63, 3.8) is 0 Å². The first kappa shape index (κ1) is 13.7. The largest absolute Gasteiger partial charge is 0.0877 e. The lowest BCUT2D eigenvalue weighted by molar-refractivity contribution is 0.522. The van der Waals surface area contributed by atoms with Gasteiger partial charge < -0.3 is 0 Å². The lowest BCUT2D eigenvalue weighted by Crippen LogP contribution is -2.06. The van der Waals surface area contributed by atoms with Crippen molar-refractivity contribution in [3.8, 4) is 0 Å². The highest BCUT2D eigenvalue weighted by Gasteiger charge is 2.19. The third kappa shape index (κ3) is 3.40. The van der Waals surface area contributed by atoms with Crippen molar-refractivity contribution in [2.24, 2.45) is 0 Å². The minimum atomic E-state index is 0.588. The molecule has 0 saturated heterocycles. The summed E-state index contributed by atoms with van der Waals surface area (Å²) in [6.45, 7) is 2.05. The Balaban J connectivity index is 2.15. The minimum Gasteiger partial charge on any atom is -0.0877 e. The average molecular weight is 281 g/mol. The van der Waals surface area contributed by atoms with Crippen molar-refractivity contribution in [2.45, 2.75) is 38.5 Å². The Labute approximate surface area is 119 Å². The van der Waals surface area contributed by atoms with Gasteiger partial charge >= 0.3 is 0 Å². The zero-order chi connectivity index (χ0) is 13.0. The molecule has 2 rings (SSSR count). The number of benzene rings is 1. The molecule has 1 aromatic rings. The fourth-order valence-corrected chi connectivity index (χ4v) is 2.84. The van der Waals surface area contributed by atoms with Crippen molar-refractivity contribution in [1.29, 1.82) is 0 Å². The standard InChI is InChI=1S/C16H18Cl2/c1-2-3-5-12-6-4-7-13(10-12)14-8-9-15(17)16(18)11-14/h2-3,5,8-9,11,13H,4,6-7,10H2,1H3/b3-2-,12-5-/t13-/m1/s1. The molecule has 1 saturated carbocycles. The second-order valence-electron chi connectivity index (χ2n) is 4.82. The molecule has 1 aliphatic rings. The Kier molecular flexibility index (Phi) is 4.91. The minimum absolute atomic E-state index is 0.588. The monoisotopic (exact) mass is 280 g/mol. The first-order valence-electron chi connectivity index (χ1n) is 6.46. The summed E-state index contributed by atoms with van der Waals surface area (Å²) in [5.74, 6) is 0.588. The molecule has 0 heterocycles. The van der Waals surface area contributed by atoms with E-state index in [2.05, 4.69) is 31.2 Å².